The number of carbonyl (C=O) groups excluding carboxylic acids is 1. The number of benzene rings is 1. The highest BCUT2D eigenvalue weighted by molar-refractivity contribution is 5.94. The molecule has 128 valence electrons. The molecule has 24 heavy (non-hydrogen) atoms. The molecule has 1 aromatic carbocycles. The monoisotopic (exact) mass is 340 g/mol. The largest absolute Gasteiger partial charge is 0.416 e. The molecule has 1 aliphatic rings. The SMILES string of the molecule is Cc1nnc(N2CCN(C(=O)c3ccc(C(F)(F)F)cc3)CC2)o1. The average molecular weight is 340 g/mol. The number of hydrogen-bond acceptors (Lipinski definition) is 5. The second-order valence-electron chi connectivity index (χ2n) is 5.46. The topological polar surface area (TPSA) is 62.5 Å². The van der Waals surface area contributed by atoms with Crippen LogP contribution < -0.4 is 4.90 Å². The summed E-state index contributed by atoms with van der Waals surface area (Å²) in [6, 6.07) is 4.67. The molecule has 3 rings (SSSR count). The van der Waals surface area contributed by atoms with Crippen LogP contribution in [0.2, 0.25) is 0 Å². The lowest BCUT2D eigenvalue weighted by Gasteiger charge is -2.33. The van der Waals surface area contributed by atoms with Gasteiger partial charge in [0.2, 0.25) is 5.89 Å². The van der Waals surface area contributed by atoms with Crippen molar-refractivity contribution in [3.63, 3.8) is 0 Å². The molecule has 6 nitrogen and oxygen atoms in total. The molecule has 2 aromatic rings. The highest BCUT2D eigenvalue weighted by atomic mass is 19.4. The molecule has 9 heteroatoms. The number of amides is 1. The number of halogens is 3. The summed E-state index contributed by atoms with van der Waals surface area (Å²) in [4.78, 5) is 15.9. The Hall–Kier alpha value is -2.58. The first-order valence-corrected chi connectivity index (χ1v) is 7.36. The van der Waals surface area contributed by atoms with Gasteiger partial charge in [-0.15, -0.1) is 5.10 Å². The Morgan fingerprint density at radius 3 is 2.21 bits per heavy atom. The molecular formula is C15H15F3N4O2. The summed E-state index contributed by atoms with van der Waals surface area (Å²) in [5.41, 5.74) is -0.527. The van der Waals surface area contributed by atoms with Crippen molar-refractivity contribution in [3.05, 3.63) is 41.3 Å². The minimum absolute atomic E-state index is 0.241. The van der Waals surface area contributed by atoms with E-state index in [0.29, 0.717) is 38.1 Å². The molecule has 0 radical (unpaired) electrons. The standard InChI is InChI=1S/C15H15F3N4O2/c1-10-19-20-14(24-10)22-8-6-21(7-9-22)13(23)11-2-4-12(5-3-11)15(16,17)18/h2-5H,6-9H2,1H3. The fraction of sp³-hybridized carbons (Fsp3) is 0.400. The van der Waals surface area contributed by atoms with Gasteiger partial charge in [-0.25, -0.2) is 0 Å². The minimum Gasteiger partial charge on any atom is -0.408 e. The van der Waals surface area contributed by atoms with E-state index in [1.54, 1.807) is 11.8 Å². The van der Waals surface area contributed by atoms with E-state index in [1.165, 1.54) is 12.1 Å². The maximum absolute atomic E-state index is 12.6. The zero-order chi connectivity index (χ0) is 17.3. The van der Waals surface area contributed by atoms with Crippen LogP contribution in [0.3, 0.4) is 0 Å². The number of aromatic nitrogens is 2. The molecule has 0 bridgehead atoms. The Bertz CT molecular complexity index is 719. The first-order valence-electron chi connectivity index (χ1n) is 7.36. The number of carbonyl (C=O) groups is 1. The Morgan fingerprint density at radius 2 is 1.71 bits per heavy atom. The van der Waals surface area contributed by atoms with E-state index < -0.39 is 11.7 Å². The number of anilines is 1. The van der Waals surface area contributed by atoms with Crippen molar-refractivity contribution in [2.24, 2.45) is 0 Å². The van der Waals surface area contributed by atoms with Gasteiger partial charge in [-0.2, -0.15) is 13.2 Å². The van der Waals surface area contributed by atoms with Gasteiger partial charge in [0.1, 0.15) is 0 Å². The van der Waals surface area contributed by atoms with Crippen LogP contribution in [0.4, 0.5) is 19.2 Å². The number of rotatable bonds is 2. The van der Waals surface area contributed by atoms with Crippen LogP contribution in [0.25, 0.3) is 0 Å². The lowest BCUT2D eigenvalue weighted by atomic mass is 10.1. The van der Waals surface area contributed by atoms with Crippen LogP contribution in [0, 0.1) is 6.92 Å². The first-order chi connectivity index (χ1) is 11.3. The van der Waals surface area contributed by atoms with Crippen molar-refractivity contribution in [2.75, 3.05) is 31.1 Å². The van der Waals surface area contributed by atoms with Gasteiger partial charge in [-0.05, 0) is 24.3 Å². The van der Waals surface area contributed by atoms with E-state index in [9.17, 15) is 18.0 Å². The molecule has 1 aliphatic heterocycles. The van der Waals surface area contributed by atoms with Gasteiger partial charge in [0.05, 0.1) is 5.56 Å². The molecule has 1 fully saturated rings. The average Bonchev–Trinajstić information content (AvgIpc) is 3.00. The Kier molecular flexibility index (Phi) is 4.16. The number of aryl methyl sites for hydroxylation is 1. The smallest absolute Gasteiger partial charge is 0.408 e. The third-order valence-electron chi connectivity index (χ3n) is 3.81. The summed E-state index contributed by atoms with van der Waals surface area (Å²) >= 11 is 0. The van der Waals surface area contributed by atoms with E-state index >= 15 is 0 Å². The summed E-state index contributed by atoms with van der Waals surface area (Å²) < 4.78 is 43.0. The molecule has 1 aromatic heterocycles. The summed E-state index contributed by atoms with van der Waals surface area (Å²) in [6.07, 6.45) is -4.41. The van der Waals surface area contributed by atoms with Crippen molar-refractivity contribution in [1.82, 2.24) is 15.1 Å². The van der Waals surface area contributed by atoms with Gasteiger partial charge in [-0.1, -0.05) is 5.10 Å². The summed E-state index contributed by atoms with van der Waals surface area (Å²) in [6.45, 7) is 3.60. The Balaban J connectivity index is 1.63. The van der Waals surface area contributed by atoms with Gasteiger partial charge in [0, 0.05) is 38.7 Å². The molecule has 0 unspecified atom stereocenters. The van der Waals surface area contributed by atoms with Crippen molar-refractivity contribution in [1.29, 1.82) is 0 Å². The molecule has 0 spiro atoms. The van der Waals surface area contributed by atoms with E-state index in [0.717, 1.165) is 12.1 Å². The predicted octanol–water partition coefficient (Wildman–Crippen LogP) is 2.36. The molecule has 2 heterocycles. The number of nitrogens with zero attached hydrogens (tertiary/aromatic N) is 4. The molecule has 0 aliphatic carbocycles. The Labute approximate surface area is 135 Å². The number of piperazine rings is 1. The lowest BCUT2D eigenvalue weighted by Crippen LogP contribution is -2.49. The molecule has 0 N–H and O–H groups in total. The number of alkyl halides is 3. The Morgan fingerprint density at radius 1 is 1.08 bits per heavy atom. The fourth-order valence-electron chi connectivity index (χ4n) is 2.50. The van der Waals surface area contributed by atoms with Crippen LogP contribution in [0.15, 0.2) is 28.7 Å². The zero-order valence-electron chi connectivity index (χ0n) is 12.9. The predicted molar refractivity (Wildman–Crippen MR) is 78.6 cm³/mol. The van der Waals surface area contributed by atoms with Crippen molar-refractivity contribution in [2.45, 2.75) is 13.1 Å². The first kappa shape index (κ1) is 16.3. The van der Waals surface area contributed by atoms with Gasteiger partial charge in [0.15, 0.2) is 0 Å². The van der Waals surface area contributed by atoms with Crippen molar-refractivity contribution in [3.8, 4) is 0 Å². The molecular weight excluding hydrogens is 325 g/mol. The third-order valence-corrected chi connectivity index (χ3v) is 3.81. The second-order valence-corrected chi connectivity index (χ2v) is 5.46. The van der Waals surface area contributed by atoms with Crippen LogP contribution in [0.5, 0.6) is 0 Å². The zero-order valence-corrected chi connectivity index (χ0v) is 12.9. The maximum Gasteiger partial charge on any atom is 0.416 e. The number of hydrogen-bond donors (Lipinski definition) is 0. The van der Waals surface area contributed by atoms with Gasteiger partial charge in [0.25, 0.3) is 5.91 Å². The van der Waals surface area contributed by atoms with Gasteiger partial charge in [-0.3, -0.25) is 4.79 Å². The quantitative estimate of drug-likeness (QED) is 0.840. The highest BCUT2D eigenvalue weighted by Crippen LogP contribution is 2.29. The maximum atomic E-state index is 12.6. The highest BCUT2D eigenvalue weighted by Gasteiger charge is 2.31. The van der Waals surface area contributed by atoms with Crippen LogP contribution in [-0.4, -0.2) is 47.2 Å². The van der Waals surface area contributed by atoms with E-state index in [4.69, 9.17) is 4.42 Å². The third kappa shape index (κ3) is 3.34. The van der Waals surface area contributed by atoms with Crippen molar-refractivity contribution >= 4 is 11.9 Å². The van der Waals surface area contributed by atoms with E-state index in [-0.39, 0.29) is 11.5 Å². The lowest BCUT2D eigenvalue weighted by molar-refractivity contribution is -0.137. The van der Waals surface area contributed by atoms with Gasteiger partial charge < -0.3 is 14.2 Å². The summed E-state index contributed by atoms with van der Waals surface area (Å²) in [7, 11) is 0. The summed E-state index contributed by atoms with van der Waals surface area (Å²) in [5, 5.41) is 7.69. The second kappa shape index (κ2) is 6.14. The molecule has 1 amide bonds. The van der Waals surface area contributed by atoms with E-state index in [2.05, 4.69) is 10.2 Å². The van der Waals surface area contributed by atoms with Crippen LogP contribution in [0.1, 0.15) is 21.8 Å². The molecule has 0 atom stereocenters. The fourth-order valence-corrected chi connectivity index (χ4v) is 2.50. The normalized spacial score (nSPS) is 15.7. The summed E-state index contributed by atoms with van der Waals surface area (Å²) in [5.74, 6) is 0.179. The minimum atomic E-state index is -4.41. The van der Waals surface area contributed by atoms with E-state index in [1.807, 2.05) is 4.90 Å². The van der Waals surface area contributed by atoms with Crippen LogP contribution in [-0.2, 0) is 6.18 Å². The molecule has 0 saturated carbocycles. The molecule has 1 saturated heterocycles. The van der Waals surface area contributed by atoms with Gasteiger partial charge >= 0.3 is 12.2 Å². The van der Waals surface area contributed by atoms with Crippen molar-refractivity contribution < 1.29 is 22.4 Å². The van der Waals surface area contributed by atoms with Crippen LogP contribution >= 0.6 is 0 Å².